The minimum Gasteiger partial charge on any atom is -0.342 e. The third kappa shape index (κ3) is 4.09. The van der Waals surface area contributed by atoms with E-state index in [1.54, 1.807) is 11.3 Å². The lowest BCUT2D eigenvalue weighted by molar-refractivity contribution is -0.162. The Morgan fingerprint density at radius 3 is 2.61 bits per heavy atom. The van der Waals surface area contributed by atoms with Crippen LogP contribution in [-0.2, 0) is 20.8 Å². The van der Waals surface area contributed by atoms with E-state index in [2.05, 4.69) is 19.2 Å². The van der Waals surface area contributed by atoms with Crippen molar-refractivity contribution in [1.29, 1.82) is 0 Å². The first-order valence-corrected chi connectivity index (χ1v) is 11.2. The number of piperazine rings is 1. The molecular weight excluding hydrogens is 374 g/mol. The molecule has 1 aromatic rings. The molecule has 0 radical (unpaired) electrons. The Balaban J connectivity index is 1.71. The van der Waals surface area contributed by atoms with Crippen molar-refractivity contribution >= 4 is 29.1 Å². The number of thiophene rings is 1. The second-order valence-electron chi connectivity index (χ2n) is 8.31. The number of carbonyl (C=O) groups excluding carboxylic acids is 3. The number of hydrogen-bond acceptors (Lipinski definition) is 4. The van der Waals surface area contributed by atoms with E-state index in [-0.39, 0.29) is 17.7 Å². The van der Waals surface area contributed by atoms with Gasteiger partial charge in [-0.3, -0.25) is 14.4 Å². The SMILES string of the molecule is CCCN1C(=O)C(CC(C)C)NC(=O)C12CCN(C(=O)Cc1cccs1)CC2. The highest BCUT2D eigenvalue weighted by molar-refractivity contribution is 7.10. The van der Waals surface area contributed by atoms with Crippen LogP contribution in [0.4, 0.5) is 0 Å². The number of piperidine rings is 1. The van der Waals surface area contributed by atoms with Gasteiger partial charge in [0.2, 0.25) is 17.7 Å². The highest BCUT2D eigenvalue weighted by Crippen LogP contribution is 2.34. The lowest BCUT2D eigenvalue weighted by Crippen LogP contribution is -2.73. The average molecular weight is 406 g/mol. The van der Waals surface area contributed by atoms with Gasteiger partial charge in [-0.2, -0.15) is 0 Å². The first-order chi connectivity index (χ1) is 13.4. The average Bonchev–Trinajstić information content (AvgIpc) is 3.16. The molecule has 2 aliphatic heterocycles. The third-order valence-electron chi connectivity index (χ3n) is 5.81. The zero-order valence-corrected chi connectivity index (χ0v) is 17.9. The van der Waals surface area contributed by atoms with E-state index in [1.165, 1.54) is 0 Å². The van der Waals surface area contributed by atoms with Crippen LogP contribution in [-0.4, -0.2) is 58.7 Å². The number of nitrogens with one attached hydrogen (secondary N) is 1. The van der Waals surface area contributed by atoms with Crippen LogP contribution >= 0.6 is 11.3 Å². The van der Waals surface area contributed by atoms with E-state index >= 15 is 0 Å². The van der Waals surface area contributed by atoms with Crippen LogP contribution in [0.15, 0.2) is 17.5 Å². The molecule has 0 bridgehead atoms. The summed E-state index contributed by atoms with van der Waals surface area (Å²) in [6, 6.07) is 3.49. The Labute approximate surface area is 171 Å². The summed E-state index contributed by atoms with van der Waals surface area (Å²) in [6.45, 7) is 7.77. The fourth-order valence-electron chi connectivity index (χ4n) is 4.35. The predicted octanol–water partition coefficient (Wildman–Crippen LogP) is 2.43. The summed E-state index contributed by atoms with van der Waals surface area (Å²) in [4.78, 5) is 43.6. The lowest BCUT2D eigenvalue weighted by Gasteiger charge is -2.51. The molecule has 0 aromatic carbocycles. The monoisotopic (exact) mass is 405 g/mol. The molecule has 1 N–H and O–H groups in total. The highest BCUT2D eigenvalue weighted by atomic mass is 32.1. The first-order valence-electron chi connectivity index (χ1n) is 10.3. The minimum absolute atomic E-state index is 0.0357. The molecule has 1 unspecified atom stereocenters. The fourth-order valence-corrected chi connectivity index (χ4v) is 5.05. The molecule has 0 saturated carbocycles. The van der Waals surface area contributed by atoms with Gasteiger partial charge >= 0.3 is 0 Å². The second kappa shape index (κ2) is 8.64. The molecule has 2 saturated heterocycles. The third-order valence-corrected chi connectivity index (χ3v) is 6.69. The van der Waals surface area contributed by atoms with Gasteiger partial charge in [-0.1, -0.05) is 26.8 Å². The van der Waals surface area contributed by atoms with Crippen LogP contribution in [0.3, 0.4) is 0 Å². The normalized spacial score (nSPS) is 22.1. The maximum atomic E-state index is 13.1. The second-order valence-corrected chi connectivity index (χ2v) is 9.35. The summed E-state index contributed by atoms with van der Waals surface area (Å²) in [6.07, 6.45) is 2.90. The van der Waals surface area contributed by atoms with E-state index in [9.17, 15) is 14.4 Å². The largest absolute Gasteiger partial charge is 0.342 e. The van der Waals surface area contributed by atoms with Crippen molar-refractivity contribution in [3.05, 3.63) is 22.4 Å². The summed E-state index contributed by atoms with van der Waals surface area (Å²) >= 11 is 1.58. The Morgan fingerprint density at radius 2 is 2.04 bits per heavy atom. The van der Waals surface area contributed by atoms with E-state index in [0.717, 1.165) is 11.3 Å². The standard InChI is InChI=1S/C21H31N3O3S/c1-4-9-24-19(26)17(13-15(2)3)22-20(27)21(24)7-10-23(11-8-21)18(25)14-16-6-5-12-28-16/h5-6,12,15,17H,4,7-11,13-14H2,1-3H3,(H,22,27). The van der Waals surface area contributed by atoms with Gasteiger partial charge in [0.1, 0.15) is 11.6 Å². The van der Waals surface area contributed by atoms with E-state index in [1.807, 2.05) is 34.2 Å². The molecule has 154 valence electrons. The summed E-state index contributed by atoms with van der Waals surface area (Å²) < 4.78 is 0. The van der Waals surface area contributed by atoms with E-state index in [4.69, 9.17) is 0 Å². The van der Waals surface area contributed by atoms with Gasteiger partial charge in [0.05, 0.1) is 6.42 Å². The number of rotatable bonds is 6. The van der Waals surface area contributed by atoms with Crippen LogP contribution in [0.25, 0.3) is 0 Å². The number of amides is 3. The van der Waals surface area contributed by atoms with Gasteiger partial charge in [-0.25, -0.2) is 0 Å². The summed E-state index contributed by atoms with van der Waals surface area (Å²) in [7, 11) is 0. The summed E-state index contributed by atoms with van der Waals surface area (Å²) in [5, 5.41) is 4.97. The zero-order chi connectivity index (χ0) is 20.3. The van der Waals surface area contributed by atoms with Gasteiger partial charge < -0.3 is 15.1 Å². The molecule has 2 aliphatic rings. The lowest BCUT2D eigenvalue weighted by atomic mass is 9.80. The molecule has 7 heteroatoms. The zero-order valence-electron chi connectivity index (χ0n) is 17.1. The van der Waals surface area contributed by atoms with Gasteiger partial charge in [-0.05, 0) is 43.0 Å². The van der Waals surface area contributed by atoms with Crippen molar-refractivity contribution in [1.82, 2.24) is 15.1 Å². The molecule has 3 amide bonds. The van der Waals surface area contributed by atoms with Crippen molar-refractivity contribution in [3.63, 3.8) is 0 Å². The topological polar surface area (TPSA) is 69.7 Å². The van der Waals surface area contributed by atoms with Crippen LogP contribution in [0.2, 0.25) is 0 Å². The quantitative estimate of drug-likeness (QED) is 0.790. The van der Waals surface area contributed by atoms with Crippen molar-refractivity contribution < 1.29 is 14.4 Å². The Kier molecular flexibility index (Phi) is 6.43. The van der Waals surface area contributed by atoms with Crippen molar-refractivity contribution in [2.24, 2.45) is 5.92 Å². The summed E-state index contributed by atoms with van der Waals surface area (Å²) in [5.74, 6) is 0.424. The maximum Gasteiger partial charge on any atom is 0.246 e. The van der Waals surface area contributed by atoms with Gasteiger partial charge in [0.25, 0.3) is 0 Å². The molecule has 3 rings (SSSR count). The number of hydrogen-bond donors (Lipinski definition) is 1. The van der Waals surface area contributed by atoms with Gasteiger partial charge in [0.15, 0.2) is 0 Å². The molecule has 1 atom stereocenters. The molecule has 3 heterocycles. The number of nitrogens with zero attached hydrogens (tertiary/aromatic N) is 2. The van der Waals surface area contributed by atoms with E-state index in [0.29, 0.717) is 51.2 Å². The number of likely N-dealkylation sites (tertiary alicyclic amines) is 1. The smallest absolute Gasteiger partial charge is 0.246 e. The predicted molar refractivity (Wildman–Crippen MR) is 110 cm³/mol. The van der Waals surface area contributed by atoms with E-state index < -0.39 is 11.6 Å². The molecule has 1 spiro atoms. The molecular formula is C21H31N3O3S. The van der Waals surface area contributed by atoms with Crippen molar-refractivity contribution in [3.8, 4) is 0 Å². The van der Waals surface area contributed by atoms with Crippen molar-refractivity contribution in [2.45, 2.75) is 64.5 Å². The van der Waals surface area contributed by atoms with Crippen LogP contribution < -0.4 is 5.32 Å². The van der Waals surface area contributed by atoms with Gasteiger partial charge in [0, 0.05) is 24.5 Å². The highest BCUT2D eigenvalue weighted by Gasteiger charge is 2.53. The first kappa shape index (κ1) is 20.8. The van der Waals surface area contributed by atoms with Crippen LogP contribution in [0.5, 0.6) is 0 Å². The van der Waals surface area contributed by atoms with Crippen LogP contribution in [0.1, 0.15) is 51.3 Å². The Hall–Kier alpha value is -1.89. The molecule has 6 nitrogen and oxygen atoms in total. The summed E-state index contributed by atoms with van der Waals surface area (Å²) in [5.41, 5.74) is -0.805. The minimum atomic E-state index is -0.805. The maximum absolute atomic E-state index is 13.1. The fraction of sp³-hybridized carbons (Fsp3) is 0.667. The molecule has 1 aromatic heterocycles. The van der Waals surface area contributed by atoms with Gasteiger partial charge in [-0.15, -0.1) is 11.3 Å². The van der Waals surface area contributed by atoms with Crippen molar-refractivity contribution in [2.75, 3.05) is 19.6 Å². The molecule has 2 fully saturated rings. The molecule has 28 heavy (non-hydrogen) atoms. The van der Waals surface area contributed by atoms with Crippen LogP contribution in [0, 0.1) is 5.92 Å². The number of carbonyl (C=O) groups is 3. The Bertz CT molecular complexity index is 708. The molecule has 0 aliphatic carbocycles. The Morgan fingerprint density at radius 1 is 1.32 bits per heavy atom.